The molecule has 106 valence electrons. The van der Waals surface area contributed by atoms with Gasteiger partial charge in [0, 0.05) is 23.0 Å². The molecule has 1 unspecified atom stereocenters. The molecule has 19 heavy (non-hydrogen) atoms. The van der Waals surface area contributed by atoms with Gasteiger partial charge in [0.1, 0.15) is 5.75 Å². The molecule has 0 aromatic heterocycles. The number of nitrogens with one attached hydrogen (secondary N) is 1. The van der Waals surface area contributed by atoms with Crippen LogP contribution in [0.5, 0.6) is 5.75 Å². The number of hydrogen-bond donors (Lipinski definition) is 1. The van der Waals surface area contributed by atoms with E-state index in [4.69, 9.17) is 9.47 Å². The highest BCUT2D eigenvalue weighted by Gasteiger charge is 2.35. The average Bonchev–Trinajstić information content (AvgIpc) is 2.86. The van der Waals surface area contributed by atoms with Crippen LogP contribution in [0.1, 0.15) is 18.9 Å². The molecule has 0 saturated carbocycles. The van der Waals surface area contributed by atoms with Gasteiger partial charge in [-0.3, -0.25) is 0 Å². The molecule has 1 atom stereocenters. The number of hydrogen-bond acceptors (Lipinski definition) is 3. The third-order valence-electron chi connectivity index (χ3n) is 3.74. The van der Waals surface area contributed by atoms with Crippen LogP contribution >= 0.6 is 15.9 Å². The molecule has 2 rings (SSSR count). The van der Waals surface area contributed by atoms with E-state index in [1.807, 2.05) is 12.1 Å². The van der Waals surface area contributed by atoms with Crippen LogP contribution in [0.4, 0.5) is 0 Å². The fraction of sp³-hybridized carbons (Fsp3) is 0.600. The van der Waals surface area contributed by atoms with Crippen LogP contribution in [0, 0.1) is 5.41 Å². The Hall–Kier alpha value is -0.580. The van der Waals surface area contributed by atoms with Crippen molar-refractivity contribution in [1.82, 2.24) is 5.32 Å². The summed E-state index contributed by atoms with van der Waals surface area (Å²) in [6.07, 6.45) is 2.10. The Kier molecular flexibility index (Phi) is 5.25. The number of benzene rings is 1. The first kappa shape index (κ1) is 14.8. The van der Waals surface area contributed by atoms with Crippen molar-refractivity contribution in [3.8, 4) is 5.75 Å². The van der Waals surface area contributed by atoms with E-state index >= 15 is 0 Å². The van der Waals surface area contributed by atoms with Crippen molar-refractivity contribution in [1.29, 1.82) is 0 Å². The molecule has 1 aromatic carbocycles. The quantitative estimate of drug-likeness (QED) is 0.871. The van der Waals surface area contributed by atoms with E-state index in [1.54, 1.807) is 7.11 Å². The number of halogens is 1. The summed E-state index contributed by atoms with van der Waals surface area (Å²) in [5, 5.41) is 3.47. The summed E-state index contributed by atoms with van der Waals surface area (Å²) in [6.45, 7) is 5.83. The molecule has 1 aromatic rings. The summed E-state index contributed by atoms with van der Waals surface area (Å²) < 4.78 is 12.2. The van der Waals surface area contributed by atoms with Crippen molar-refractivity contribution in [3.63, 3.8) is 0 Å². The molecular formula is C15H22BrNO2. The first-order chi connectivity index (χ1) is 9.19. The van der Waals surface area contributed by atoms with Crippen LogP contribution in [-0.4, -0.2) is 33.4 Å². The Morgan fingerprint density at radius 3 is 2.95 bits per heavy atom. The second kappa shape index (κ2) is 6.73. The summed E-state index contributed by atoms with van der Waals surface area (Å²) in [5.74, 6) is 0.964. The van der Waals surface area contributed by atoms with Crippen LogP contribution in [-0.2, 0) is 11.2 Å². The van der Waals surface area contributed by atoms with Crippen molar-refractivity contribution < 1.29 is 9.47 Å². The normalized spacial score (nSPS) is 22.7. The number of ether oxygens (including phenoxy) is 2. The van der Waals surface area contributed by atoms with E-state index < -0.39 is 0 Å². The van der Waals surface area contributed by atoms with Gasteiger partial charge in [-0.25, -0.2) is 0 Å². The molecule has 1 heterocycles. The molecule has 4 heteroatoms. The van der Waals surface area contributed by atoms with Crippen molar-refractivity contribution in [2.24, 2.45) is 5.41 Å². The fourth-order valence-corrected chi connectivity index (χ4v) is 3.08. The van der Waals surface area contributed by atoms with Crippen LogP contribution in [0.15, 0.2) is 22.7 Å². The van der Waals surface area contributed by atoms with E-state index in [-0.39, 0.29) is 5.41 Å². The molecule has 1 N–H and O–H groups in total. The molecule has 3 nitrogen and oxygen atoms in total. The van der Waals surface area contributed by atoms with Gasteiger partial charge in [-0.05, 0) is 43.1 Å². The summed E-state index contributed by atoms with van der Waals surface area (Å²) in [4.78, 5) is 0. The highest BCUT2D eigenvalue weighted by Crippen LogP contribution is 2.36. The smallest absolute Gasteiger partial charge is 0.122 e. The molecule has 0 radical (unpaired) electrons. The minimum absolute atomic E-state index is 0.198. The van der Waals surface area contributed by atoms with Crippen LogP contribution in [0.25, 0.3) is 0 Å². The minimum atomic E-state index is 0.198. The summed E-state index contributed by atoms with van der Waals surface area (Å²) >= 11 is 3.54. The van der Waals surface area contributed by atoms with Gasteiger partial charge in [-0.2, -0.15) is 0 Å². The highest BCUT2D eigenvalue weighted by molar-refractivity contribution is 9.10. The molecule has 1 aliphatic rings. The summed E-state index contributed by atoms with van der Waals surface area (Å²) in [7, 11) is 1.73. The molecule has 1 fully saturated rings. The average molecular weight is 328 g/mol. The standard InChI is InChI=1S/C15H22BrNO2/c1-3-17-10-15(6-7-19-11-15)9-12-8-13(16)4-5-14(12)18-2/h4-5,8,17H,3,6-7,9-11H2,1-2H3. The molecule has 1 aliphatic heterocycles. The van der Waals surface area contributed by atoms with Gasteiger partial charge >= 0.3 is 0 Å². The van der Waals surface area contributed by atoms with E-state index in [1.165, 1.54) is 5.56 Å². The fourth-order valence-electron chi connectivity index (χ4n) is 2.67. The summed E-state index contributed by atoms with van der Waals surface area (Å²) in [5.41, 5.74) is 1.45. The lowest BCUT2D eigenvalue weighted by Crippen LogP contribution is -2.36. The zero-order valence-corrected chi connectivity index (χ0v) is 13.3. The topological polar surface area (TPSA) is 30.5 Å². The van der Waals surface area contributed by atoms with Crippen LogP contribution < -0.4 is 10.1 Å². The summed E-state index contributed by atoms with van der Waals surface area (Å²) in [6, 6.07) is 6.20. The Morgan fingerprint density at radius 1 is 1.47 bits per heavy atom. The molecular weight excluding hydrogens is 306 g/mol. The Balaban J connectivity index is 2.19. The number of methoxy groups -OCH3 is 1. The minimum Gasteiger partial charge on any atom is -0.496 e. The maximum absolute atomic E-state index is 5.64. The Morgan fingerprint density at radius 2 is 2.32 bits per heavy atom. The van der Waals surface area contributed by atoms with Crippen LogP contribution in [0.2, 0.25) is 0 Å². The molecule has 0 aliphatic carbocycles. The monoisotopic (exact) mass is 327 g/mol. The van der Waals surface area contributed by atoms with Gasteiger partial charge in [-0.15, -0.1) is 0 Å². The molecule has 0 bridgehead atoms. The van der Waals surface area contributed by atoms with E-state index in [0.29, 0.717) is 0 Å². The Bertz CT molecular complexity index is 417. The van der Waals surface area contributed by atoms with Crippen LogP contribution in [0.3, 0.4) is 0 Å². The van der Waals surface area contributed by atoms with Gasteiger partial charge < -0.3 is 14.8 Å². The van der Waals surface area contributed by atoms with Gasteiger partial charge in [0.2, 0.25) is 0 Å². The third kappa shape index (κ3) is 3.71. The predicted octanol–water partition coefficient (Wildman–Crippen LogP) is 3.02. The lowest BCUT2D eigenvalue weighted by molar-refractivity contribution is 0.149. The number of rotatable bonds is 6. The van der Waals surface area contributed by atoms with Crippen molar-refractivity contribution in [3.05, 3.63) is 28.2 Å². The van der Waals surface area contributed by atoms with Gasteiger partial charge in [-0.1, -0.05) is 22.9 Å². The first-order valence-corrected chi connectivity index (χ1v) is 7.59. The third-order valence-corrected chi connectivity index (χ3v) is 4.24. The lowest BCUT2D eigenvalue weighted by Gasteiger charge is -2.28. The maximum Gasteiger partial charge on any atom is 0.122 e. The Labute approximate surface area is 123 Å². The van der Waals surface area contributed by atoms with Crippen molar-refractivity contribution in [2.75, 3.05) is 33.4 Å². The lowest BCUT2D eigenvalue weighted by atomic mass is 9.80. The van der Waals surface area contributed by atoms with Crippen molar-refractivity contribution in [2.45, 2.75) is 19.8 Å². The van der Waals surface area contributed by atoms with Gasteiger partial charge in [0.05, 0.1) is 13.7 Å². The molecule has 0 amide bonds. The first-order valence-electron chi connectivity index (χ1n) is 6.80. The SMILES string of the molecule is CCNCC1(Cc2cc(Br)ccc2OC)CCOC1. The second-order valence-electron chi connectivity index (χ2n) is 5.22. The second-order valence-corrected chi connectivity index (χ2v) is 6.13. The zero-order chi connectivity index (χ0) is 13.7. The zero-order valence-electron chi connectivity index (χ0n) is 11.7. The molecule has 1 saturated heterocycles. The largest absolute Gasteiger partial charge is 0.496 e. The maximum atomic E-state index is 5.64. The molecule has 0 spiro atoms. The van der Waals surface area contributed by atoms with E-state index in [9.17, 15) is 0 Å². The van der Waals surface area contributed by atoms with E-state index in [0.717, 1.165) is 49.4 Å². The van der Waals surface area contributed by atoms with Gasteiger partial charge in [0.25, 0.3) is 0 Å². The highest BCUT2D eigenvalue weighted by atomic mass is 79.9. The predicted molar refractivity (Wildman–Crippen MR) is 80.8 cm³/mol. The van der Waals surface area contributed by atoms with Gasteiger partial charge in [0.15, 0.2) is 0 Å². The van der Waals surface area contributed by atoms with E-state index in [2.05, 4.69) is 34.2 Å². The van der Waals surface area contributed by atoms with Crippen molar-refractivity contribution >= 4 is 15.9 Å².